The van der Waals surface area contributed by atoms with Crippen molar-refractivity contribution in [3.63, 3.8) is 0 Å². The van der Waals surface area contributed by atoms with Crippen LogP contribution in [0.2, 0.25) is 0 Å². The molecule has 1 aliphatic heterocycles. The fourth-order valence-electron chi connectivity index (χ4n) is 3.73. The van der Waals surface area contributed by atoms with Crippen molar-refractivity contribution in [2.75, 3.05) is 18.0 Å². The van der Waals surface area contributed by atoms with Gasteiger partial charge < -0.3 is 15.0 Å². The number of aliphatic hydroxyl groups is 1. The van der Waals surface area contributed by atoms with Gasteiger partial charge in [-0.15, -0.1) is 0 Å². The molecule has 2 N–H and O–H groups in total. The predicted octanol–water partition coefficient (Wildman–Crippen LogP) is 3.39. The van der Waals surface area contributed by atoms with E-state index in [2.05, 4.69) is 9.88 Å². The van der Waals surface area contributed by atoms with Crippen molar-refractivity contribution in [3.8, 4) is 0 Å². The van der Waals surface area contributed by atoms with Crippen LogP contribution in [0.5, 0.6) is 0 Å². The summed E-state index contributed by atoms with van der Waals surface area (Å²) in [6, 6.07) is 6.36. The molecular formula is C19H16FN3O2S. The van der Waals surface area contributed by atoms with Crippen LogP contribution in [0.4, 0.5) is 9.52 Å². The number of halogens is 1. The van der Waals surface area contributed by atoms with E-state index in [1.807, 2.05) is 6.07 Å². The van der Waals surface area contributed by atoms with Crippen LogP contribution in [0.1, 0.15) is 12.8 Å². The number of aromatic amines is 1. The maximum atomic E-state index is 13.9. The molecule has 0 bridgehead atoms. The van der Waals surface area contributed by atoms with Gasteiger partial charge in [0, 0.05) is 35.4 Å². The summed E-state index contributed by atoms with van der Waals surface area (Å²) in [4.78, 5) is 22.2. The van der Waals surface area contributed by atoms with E-state index in [4.69, 9.17) is 4.98 Å². The highest BCUT2D eigenvalue weighted by molar-refractivity contribution is 7.23. The number of anilines is 1. The van der Waals surface area contributed by atoms with Gasteiger partial charge in [0.05, 0.1) is 21.7 Å². The van der Waals surface area contributed by atoms with Gasteiger partial charge in [0.15, 0.2) is 5.13 Å². The summed E-state index contributed by atoms with van der Waals surface area (Å²) >= 11 is 1.55. The summed E-state index contributed by atoms with van der Waals surface area (Å²) in [6.45, 7) is 1.51. The van der Waals surface area contributed by atoms with Crippen LogP contribution in [-0.2, 0) is 0 Å². The number of hydrogen-bond donors (Lipinski definition) is 2. The number of nitrogens with zero attached hydrogens (tertiary/aromatic N) is 2. The van der Waals surface area contributed by atoms with Gasteiger partial charge in [-0.2, -0.15) is 0 Å². The molecule has 0 spiro atoms. The average Bonchev–Trinajstić information content (AvgIpc) is 3.08. The van der Waals surface area contributed by atoms with E-state index < -0.39 is 0 Å². The zero-order valence-corrected chi connectivity index (χ0v) is 14.6. The molecule has 132 valence electrons. The number of nitrogens with one attached hydrogen (secondary N) is 1. The minimum atomic E-state index is -0.373. The first-order chi connectivity index (χ1) is 12.6. The second kappa shape index (κ2) is 5.75. The minimum absolute atomic E-state index is 0.226. The molecule has 3 heterocycles. The van der Waals surface area contributed by atoms with Crippen LogP contribution < -0.4 is 10.5 Å². The number of piperidine rings is 1. The predicted molar refractivity (Wildman–Crippen MR) is 103 cm³/mol. The molecule has 7 heteroatoms. The number of pyridine rings is 1. The lowest BCUT2D eigenvalue weighted by Crippen LogP contribution is -2.35. The molecule has 0 radical (unpaired) electrons. The number of thiazole rings is 1. The standard InChI is InChI=1S/C19H16FN3O2S/c20-10-1-2-12-14(9-10)15-13(3-6-21-18(15)25)17-16(12)22-19(26-17)23-7-4-11(24)5-8-23/h1-3,6,9,11,24H,4-5,7-8H2,(H,21,25). The number of hydrogen-bond acceptors (Lipinski definition) is 5. The summed E-state index contributed by atoms with van der Waals surface area (Å²) in [5, 5.41) is 13.3. The third-order valence-corrected chi connectivity index (χ3v) is 6.21. The first kappa shape index (κ1) is 15.7. The van der Waals surface area contributed by atoms with Crippen molar-refractivity contribution in [3.05, 3.63) is 46.6 Å². The fraction of sp³-hybridized carbons (Fsp3) is 0.263. The summed E-state index contributed by atoms with van der Waals surface area (Å²) in [7, 11) is 0. The number of fused-ring (bicyclic) bond motifs is 6. The van der Waals surface area contributed by atoms with Gasteiger partial charge >= 0.3 is 0 Å². The molecule has 2 aromatic heterocycles. The Kier molecular flexibility index (Phi) is 3.48. The Bertz CT molecular complexity index is 1210. The molecule has 0 saturated carbocycles. The third-order valence-electron chi connectivity index (χ3n) is 5.06. The maximum Gasteiger partial charge on any atom is 0.256 e. The number of H-pyrrole nitrogens is 1. The molecule has 1 fully saturated rings. The zero-order valence-electron chi connectivity index (χ0n) is 13.8. The SMILES string of the molecule is O=c1[nH]ccc2c3sc(N4CCC(O)CC4)nc3c3ccc(F)cc3c12. The normalized spacial score (nSPS) is 16.2. The topological polar surface area (TPSA) is 69.2 Å². The van der Waals surface area contributed by atoms with Gasteiger partial charge in [0.25, 0.3) is 5.56 Å². The Hall–Kier alpha value is -2.51. The summed E-state index contributed by atoms with van der Waals surface area (Å²) in [6.07, 6.45) is 2.82. The van der Waals surface area contributed by atoms with E-state index in [0.29, 0.717) is 10.8 Å². The van der Waals surface area contributed by atoms with Crippen LogP contribution in [0.3, 0.4) is 0 Å². The Morgan fingerprint density at radius 1 is 1.19 bits per heavy atom. The number of rotatable bonds is 1. The van der Waals surface area contributed by atoms with Gasteiger partial charge in [-0.1, -0.05) is 11.3 Å². The lowest BCUT2D eigenvalue weighted by atomic mass is 10.0. The van der Waals surface area contributed by atoms with Crippen LogP contribution in [0, 0.1) is 5.82 Å². The number of aromatic nitrogens is 2. The quantitative estimate of drug-likeness (QED) is 0.505. The van der Waals surface area contributed by atoms with E-state index in [-0.39, 0.29) is 17.5 Å². The molecule has 26 heavy (non-hydrogen) atoms. The molecule has 5 rings (SSSR count). The van der Waals surface area contributed by atoms with Crippen LogP contribution in [0.25, 0.3) is 31.8 Å². The summed E-state index contributed by atoms with van der Waals surface area (Å²) < 4.78 is 14.8. The zero-order chi connectivity index (χ0) is 17.8. The molecule has 2 aromatic carbocycles. The molecule has 1 saturated heterocycles. The van der Waals surface area contributed by atoms with Crippen molar-refractivity contribution >= 4 is 48.2 Å². The minimum Gasteiger partial charge on any atom is -0.393 e. The second-order valence-corrected chi connectivity index (χ2v) is 7.66. The van der Waals surface area contributed by atoms with Gasteiger partial charge in [-0.25, -0.2) is 9.37 Å². The number of aliphatic hydroxyl groups excluding tert-OH is 1. The Balaban J connectivity index is 1.85. The smallest absolute Gasteiger partial charge is 0.256 e. The van der Waals surface area contributed by atoms with Gasteiger partial charge in [0.1, 0.15) is 5.82 Å². The highest BCUT2D eigenvalue weighted by Gasteiger charge is 2.22. The van der Waals surface area contributed by atoms with E-state index in [1.165, 1.54) is 12.1 Å². The molecular weight excluding hydrogens is 353 g/mol. The average molecular weight is 369 g/mol. The van der Waals surface area contributed by atoms with E-state index >= 15 is 0 Å². The molecule has 0 atom stereocenters. The van der Waals surface area contributed by atoms with Crippen LogP contribution in [-0.4, -0.2) is 34.3 Å². The monoisotopic (exact) mass is 369 g/mol. The Labute approximate surface area is 151 Å². The maximum absolute atomic E-state index is 13.9. The highest BCUT2D eigenvalue weighted by atomic mass is 32.1. The van der Waals surface area contributed by atoms with Crippen molar-refractivity contribution in [1.29, 1.82) is 0 Å². The van der Waals surface area contributed by atoms with Gasteiger partial charge in [-0.3, -0.25) is 4.79 Å². The Morgan fingerprint density at radius 2 is 2.00 bits per heavy atom. The third kappa shape index (κ3) is 2.31. The Morgan fingerprint density at radius 3 is 2.81 bits per heavy atom. The van der Waals surface area contributed by atoms with E-state index in [1.54, 1.807) is 23.6 Å². The highest BCUT2D eigenvalue weighted by Crippen LogP contribution is 2.39. The lowest BCUT2D eigenvalue weighted by molar-refractivity contribution is 0.145. The van der Waals surface area contributed by atoms with Crippen molar-refractivity contribution in [1.82, 2.24) is 9.97 Å². The largest absolute Gasteiger partial charge is 0.393 e. The first-order valence-electron chi connectivity index (χ1n) is 8.58. The van der Waals surface area contributed by atoms with Crippen LogP contribution in [0.15, 0.2) is 35.3 Å². The second-order valence-electron chi connectivity index (χ2n) is 6.68. The first-order valence-corrected chi connectivity index (χ1v) is 9.39. The van der Waals surface area contributed by atoms with E-state index in [9.17, 15) is 14.3 Å². The van der Waals surface area contributed by atoms with Gasteiger partial charge in [-0.05, 0) is 37.1 Å². The van der Waals surface area contributed by atoms with Gasteiger partial charge in [0.2, 0.25) is 0 Å². The fourth-order valence-corrected chi connectivity index (χ4v) is 4.89. The number of benzene rings is 2. The molecule has 4 aromatic rings. The molecule has 0 amide bonds. The summed E-state index contributed by atoms with van der Waals surface area (Å²) in [5.74, 6) is -0.373. The molecule has 5 nitrogen and oxygen atoms in total. The molecule has 0 aliphatic carbocycles. The van der Waals surface area contributed by atoms with Crippen molar-refractivity contribution in [2.45, 2.75) is 18.9 Å². The summed E-state index contributed by atoms with van der Waals surface area (Å²) in [5.41, 5.74) is 0.570. The van der Waals surface area contributed by atoms with Crippen LogP contribution >= 0.6 is 11.3 Å². The van der Waals surface area contributed by atoms with Crippen molar-refractivity contribution in [2.24, 2.45) is 0 Å². The molecule has 1 aliphatic rings. The van der Waals surface area contributed by atoms with Crippen molar-refractivity contribution < 1.29 is 9.50 Å². The lowest BCUT2D eigenvalue weighted by Gasteiger charge is -2.28. The van der Waals surface area contributed by atoms with E-state index in [0.717, 1.165) is 52.1 Å². The molecule has 0 unspecified atom stereocenters.